The molecule has 0 aromatic carbocycles. The zero-order valence-corrected chi connectivity index (χ0v) is 12.8. The number of nitrogens with zero attached hydrogens (tertiary/aromatic N) is 1. The smallest absolute Gasteiger partial charge is 0.410 e. The monoisotopic (exact) mass is 323 g/mol. The van der Waals surface area contributed by atoms with Crippen molar-refractivity contribution in [1.82, 2.24) is 4.90 Å². The number of aliphatic hydroxyl groups is 1. The van der Waals surface area contributed by atoms with E-state index in [-0.39, 0.29) is 39.0 Å². The van der Waals surface area contributed by atoms with Crippen LogP contribution < -0.4 is 0 Å². The molecule has 0 spiro atoms. The van der Waals surface area contributed by atoms with Crippen LogP contribution in [0.1, 0.15) is 6.42 Å². The standard InChI is InChI=1S/C12H21NO7S/c1-3-5-19-12(15)13-8-11(20-21(2,16)17)7-10(13)9-18-6-4-14/h3,10-11,14H,1,4-9H2,2H3. The Kier molecular flexibility index (Phi) is 7.09. The molecule has 0 bridgehead atoms. The fraction of sp³-hybridized carbons (Fsp3) is 0.750. The van der Waals surface area contributed by atoms with Crippen LogP contribution in [0.25, 0.3) is 0 Å². The van der Waals surface area contributed by atoms with Crippen LogP contribution in [-0.4, -0.2) is 75.9 Å². The second kappa shape index (κ2) is 8.32. The van der Waals surface area contributed by atoms with Crippen LogP contribution in [0.2, 0.25) is 0 Å². The molecule has 2 atom stereocenters. The Morgan fingerprint density at radius 3 is 2.81 bits per heavy atom. The second-order valence-corrected chi connectivity index (χ2v) is 6.23. The third-order valence-electron chi connectivity index (χ3n) is 2.79. The molecular weight excluding hydrogens is 302 g/mol. The summed E-state index contributed by atoms with van der Waals surface area (Å²) in [6.07, 6.45) is 1.52. The first-order valence-electron chi connectivity index (χ1n) is 6.48. The summed E-state index contributed by atoms with van der Waals surface area (Å²) in [4.78, 5) is 13.3. The van der Waals surface area contributed by atoms with Crippen LogP contribution in [0.15, 0.2) is 12.7 Å². The maximum absolute atomic E-state index is 11.9. The van der Waals surface area contributed by atoms with Crippen molar-refractivity contribution in [1.29, 1.82) is 0 Å². The van der Waals surface area contributed by atoms with Gasteiger partial charge in [-0.15, -0.1) is 0 Å². The lowest BCUT2D eigenvalue weighted by Gasteiger charge is -2.23. The van der Waals surface area contributed by atoms with Crippen molar-refractivity contribution in [3.8, 4) is 0 Å². The van der Waals surface area contributed by atoms with Gasteiger partial charge in [0.1, 0.15) is 6.61 Å². The van der Waals surface area contributed by atoms with E-state index in [0.29, 0.717) is 6.42 Å². The molecule has 0 aromatic heterocycles. The van der Waals surface area contributed by atoms with E-state index in [2.05, 4.69) is 6.58 Å². The number of amides is 1. The molecule has 0 radical (unpaired) electrons. The molecular formula is C12H21NO7S. The molecule has 0 aromatic rings. The fourth-order valence-electron chi connectivity index (χ4n) is 2.07. The van der Waals surface area contributed by atoms with E-state index < -0.39 is 22.3 Å². The normalized spacial score (nSPS) is 22.3. The van der Waals surface area contributed by atoms with E-state index in [9.17, 15) is 13.2 Å². The SMILES string of the molecule is C=CCOC(=O)N1CC(OS(C)(=O)=O)CC1COCCO. The van der Waals surface area contributed by atoms with Gasteiger partial charge in [0.05, 0.1) is 44.8 Å². The molecule has 1 heterocycles. The van der Waals surface area contributed by atoms with E-state index in [1.165, 1.54) is 11.0 Å². The number of ether oxygens (including phenoxy) is 2. The first-order valence-corrected chi connectivity index (χ1v) is 8.30. The Bertz CT molecular complexity index is 451. The molecule has 1 N–H and O–H groups in total. The van der Waals surface area contributed by atoms with Crippen LogP contribution >= 0.6 is 0 Å². The minimum Gasteiger partial charge on any atom is -0.445 e. The maximum atomic E-state index is 11.9. The van der Waals surface area contributed by atoms with Crippen molar-refractivity contribution in [2.24, 2.45) is 0 Å². The lowest BCUT2D eigenvalue weighted by atomic mass is 10.2. The molecule has 9 heteroatoms. The van der Waals surface area contributed by atoms with E-state index in [0.717, 1.165) is 6.26 Å². The van der Waals surface area contributed by atoms with Gasteiger partial charge in [0.25, 0.3) is 10.1 Å². The highest BCUT2D eigenvalue weighted by Crippen LogP contribution is 2.23. The van der Waals surface area contributed by atoms with Crippen LogP contribution in [0.5, 0.6) is 0 Å². The topological polar surface area (TPSA) is 102 Å². The van der Waals surface area contributed by atoms with Crippen molar-refractivity contribution < 1.29 is 32.0 Å². The number of likely N-dealkylation sites (tertiary alicyclic amines) is 1. The first-order chi connectivity index (χ1) is 9.87. The average molecular weight is 323 g/mol. The molecule has 0 saturated carbocycles. The zero-order chi connectivity index (χ0) is 15.9. The quantitative estimate of drug-likeness (QED) is 0.373. The minimum absolute atomic E-state index is 0.0666. The zero-order valence-electron chi connectivity index (χ0n) is 11.9. The highest BCUT2D eigenvalue weighted by Gasteiger charge is 2.38. The number of carbonyl (C=O) groups excluding carboxylic acids is 1. The lowest BCUT2D eigenvalue weighted by Crippen LogP contribution is -2.39. The Labute approximate surface area is 124 Å². The molecule has 1 amide bonds. The number of aliphatic hydroxyl groups excluding tert-OH is 1. The first kappa shape index (κ1) is 17.9. The Morgan fingerprint density at radius 1 is 1.52 bits per heavy atom. The third-order valence-corrected chi connectivity index (χ3v) is 3.41. The predicted molar refractivity (Wildman–Crippen MR) is 74.3 cm³/mol. The van der Waals surface area contributed by atoms with E-state index in [4.69, 9.17) is 18.8 Å². The highest BCUT2D eigenvalue weighted by atomic mass is 32.2. The van der Waals surface area contributed by atoms with Gasteiger partial charge in [0.15, 0.2) is 0 Å². The molecule has 1 fully saturated rings. The van der Waals surface area contributed by atoms with Gasteiger partial charge in [0.2, 0.25) is 0 Å². The van der Waals surface area contributed by atoms with Crippen molar-refractivity contribution in [2.45, 2.75) is 18.6 Å². The van der Waals surface area contributed by atoms with Crippen LogP contribution in [0.4, 0.5) is 4.79 Å². The van der Waals surface area contributed by atoms with Gasteiger partial charge in [-0.1, -0.05) is 12.7 Å². The Hall–Kier alpha value is -1.16. The second-order valence-electron chi connectivity index (χ2n) is 4.63. The van der Waals surface area contributed by atoms with Gasteiger partial charge in [-0.2, -0.15) is 8.42 Å². The Morgan fingerprint density at radius 2 is 2.24 bits per heavy atom. The molecule has 1 rings (SSSR count). The predicted octanol–water partition coefficient (Wildman–Crippen LogP) is -0.263. The number of hydrogen-bond acceptors (Lipinski definition) is 7. The molecule has 0 aliphatic carbocycles. The van der Waals surface area contributed by atoms with Crippen molar-refractivity contribution in [3.05, 3.63) is 12.7 Å². The van der Waals surface area contributed by atoms with Crippen molar-refractivity contribution in [2.75, 3.05) is 39.2 Å². The van der Waals surface area contributed by atoms with Gasteiger partial charge in [-0.25, -0.2) is 4.79 Å². The summed E-state index contributed by atoms with van der Waals surface area (Å²) in [6, 6.07) is -0.361. The van der Waals surface area contributed by atoms with Crippen LogP contribution in [0.3, 0.4) is 0 Å². The van der Waals surface area contributed by atoms with Gasteiger partial charge >= 0.3 is 6.09 Å². The van der Waals surface area contributed by atoms with Crippen LogP contribution in [-0.2, 0) is 23.8 Å². The molecule has 1 aliphatic heterocycles. The number of carbonyl (C=O) groups is 1. The maximum Gasteiger partial charge on any atom is 0.410 e. The lowest BCUT2D eigenvalue weighted by molar-refractivity contribution is 0.0464. The van der Waals surface area contributed by atoms with E-state index in [1.54, 1.807) is 0 Å². The fourth-order valence-corrected chi connectivity index (χ4v) is 2.70. The summed E-state index contributed by atoms with van der Waals surface area (Å²) >= 11 is 0. The molecule has 1 aliphatic rings. The van der Waals surface area contributed by atoms with Gasteiger partial charge in [-0.05, 0) is 6.42 Å². The van der Waals surface area contributed by atoms with E-state index in [1.807, 2.05) is 0 Å². The van der Waals surface area contributed by atoms with Crippen LogP contribution in [0, 0.1) is 0 Å². The van der Waals surface area contributed by atoms with Crippen molar-refractivity contribution in [3.63, 3.8) is 0 Å². The van der Waals surface area contributed by atoms with Gasteiger partial charge in [0, 0.05) is 0 Å². The van der Waals surface area contributed by atoms with Crippen molar-refractivity contribution >= 4 is 16.2 Å². The molecule has 21 heavy (non-hydrogen) atoms. The average Bonchev–Trinajstić information content (AvgIpc) is 2.77. The molecule has 122 valence electrons. The van der Waals surface area contributed by atoms with E-state index >= 15 is 0 Å². The molecule has 8 nitrogen and oxygen atoms in total. The highest BCUT2D eigenvalue weighted by molar-refractivity contribution is 7.86. The summed E-state index contributed by atoms with van der Waals surface area (Å²) in [6.45, 7) is 3.81. The summed E-state index contributed by atoms with van der Waals surface area (Å²) in [5.74, 6) is 0. The largest absolute Gasteiger partial charge is 0.445 e. The summed E-state index contributed by atoms with van der Waals surface area (Å²) in [5, 5.41) is 8.69. The van der Waals surface area contributed by atoms with Gasteiger partial charge in [-0.3, -0.25) is 4.18 Å². The third kappa shape index (κ3) is 6.42. The molecule has 1 saturated heterocycles. The number of hydrogen-bond donors (Lipinski definition) is 1. The number of rotatable bonds is 8. The Balaban J connectivity index is 2.65. The summed E-state index contributed by atoms with van der Waals surface area (Å²) in [7, 11) is -3.60. The summed E-state index contributed by atoms with van der Waals surface area (Å²) < 4.78 is 37.4. The molecule has 2 unspecified atom stereocenters. The minimum atomic E-state index is -3.60. The summed E-state index contributed by atoms with van der Waals surface area (Å²) in [5.41, 5.74) is 0. The van der Waals surface area contributed by atoms with Gasteiger partial charge < -0.3 is 19.5 Å².